The number of carbonyl (C=O) groups is 1. The van der Waals surface area contributed by atoms with Gasteiger partial charge in [-0.2, -0.15) is 0 Å². The fraction of sp³-hybridized carbons (Fsp3) is 0.0833. The van der Waals surface area contributed by atoms with Gasteiger partial charge in [-0.25, -0.2) is 0 Å². The topological polar surface area (TPSA) is 121 Å². The van der Waals surface area contributed by atoms with Gasteiger partial charge >= 0.3 is 5.69 Å². The number of fused-ring (bicyclic) bond motifs is 1. The zero-order valence-corrected chi connectivity index (χ0v) is 17.4. The number of nitro groups is 1. The molecule has 0 unspecified atom stereocenters. The van der Waals surface area contributed by atoms with Crippen molar-refractivity contribution < 1.29 is 23.6 Å². The number of nitrogens with one attached hydrogen (secondary N) is 1. The Kier molecular flexibility index (Phi) is 6.03. The summed E-state index contributed by atoms with van der Waals surface area (Å²) >= 11 is 0. The minimum atomic E-state index is -0.576. The average Bonchev–Trinajstić information content (AvgIpc) is 2.83. The summed E-state index contributed by atoms with van der Waals surface area (Å²) in [4.78, 5) is 35.1. The van der Waals surface area contributed by atoms with E-state index in [-0.39, 0.29) is 16.9 Å². The first-order chi connectivity index (χ1) is 15.9. The third kappa shape index (κ3) is 4.82. The fourth-order valence-corrected chi connectivity index (χ4v) is 3.19. The number of carbonyl (C=O) groups excluding carboxylic acids is 1. The van der Waals surface area contributed by atoms with Crippen LogP contribution in [0.5, 0.6) is 11.5 Å². The van der Waals surface area contributed by atoms with E-state index >= 15 is 0 Å². The first-order valence-corrected chi connectivity index (χ1v) is 9.83. The molecule has 1 N–H and O–H groups in total. The van der Waals surface area contributed by atoms with E-state index in [4.69, 9.17) is 13.9 Å². The standard InChI is InChI=1S/C24H18N2O7/c1-31-17-10-11-21-18(12-17)20(27)13-23(33-21)15-6-8-16(9-7-15)25-24(28)14-32-22-5-3-2-4-19(22)26(29)30/h2-13H,14H2,1H3,(H,25,28). The van der Waals surface area contributed by atoms with Crippen molar-refractivity contribution in [2.24, 2.45) is 0 Å². The van der Waals surface area contributed by atoms with Gasteiger partial charge in [-0.3, -0.25) is 19.7 Å². The van der Waals surface area contributed by atoms with E-state index in [0.717, 1.165) is 0 Å². The van der Waals surface area contributed by atoms with Crippen LogP contribution in [0.25, 0.3) is 22.3 Å². The van der Waals surface area contributed by atoms with Gasteiger partial charge in [0.1, 0.15) is 17.1 Å². The van der Waals surface area contributed by atoms with Crippen LogP contribution in [0, 0.1) is 10.1 Å². The lowest BCUT2D eigenvalue weighted by Crippen LogP contribution is -2.20. The number of hydrogen-bond acceptors (Lipinski definition) is 7. The van der Waals surface area contributed by atoms with E-state index in [1.54, 1.807) is 48.5 Å². The van der Waals surface area contributed by atoms with Gasteiger partial charge in [0.05, 0.1) is 17.4 Å². The molecule has 3 aromatic carbocycles. The Labute approximate surface area is 187 Å². The zero-order chi connectivity index (χ0) is 23.4. The predicted octanol–water partition coefficient (Wildman–Crippen LogP) is 4.39. The maximum absolute atomic E-state index is 12.5. The molecule has 0 saturated carbocycles. The number of rotatable bonds is 7. The van der Waals surface area contributed by atoms with Crippen molar-refractivity contribution in [2.75, 3.05) is 19.0 Å². The van der Waals surface area contributed by atoms with Crippen LogP contribution in [-0.4, -0.2) is 24.5 Å². The molecule has 9 heteroatoms. The highest BCUT2D eigenvalue weighted by molar-refractivity contribution is 5.92. The van der Waals surface area contributed by atoms with Crippen molar-refractivity contribution in [3.05, 3.63) is 93.1 Å². The molecule has 1 heterocycles. The van der Waals surface area contributed by atoms with Crippen LogP contribution in [0.15, 0.2) is 82.0 Å². The average molecular weight is 446 g/mol. The molecule has 0 fully saturated rings. The van der Waals surface area contributed by atoms with E-state index in [1.807, 2.05) is 0 Å². The monoisotopic (exact) mass is 446 g/mol. The van der Waals surface area contributed by atoms with Crippen molar-refractivity contribution in [2.45, 2.75) is 0 Å². The van der Waals surface area contributed by atoms with Gasteiger partial charge in [-0.05, 0) is 48.5 Å². The quantitative estimate of drug-likeness (QED) is 0.330. The second-order valence-corrected chi connectivity index (χ2v) is 6.98. The van der Waals surface area contributed by atoms with Gasteiger partial charge in [0.2, 0.25) is 0 Å². The molecule has 166 valence electrons. The van der Waals surface area contributed by atoms with Crippen molar-refractivity contribution in [3.8, 4) is 22.8 Å². The largest absolute Gasteiger partial charge is 0.497 e. The Bertz CT molecular complexity index is 1390. The minimum Gasteiger partial charge on any atom is -0.497 e. The maximum atomic E-state index is 12.5. The molecule has 0 saturated heterocycles. The molecule has 0 radical (unpaired) electrons. The van der Waals surface area contributed by atoms with Gasteiger partial charge in [-0.15, -0.1) is 0 Å². The summed E-state index contributed by atoms with van der Waals surface area (Å²) in [6.07, 6.45) is 0. The van der Waals surface area contributed by atoms with Crippen LogP contribution in [0.4, 0.5) is 11.4 Å². The number of nitrogens with zero attached hydrogens (tertiary/aromatic N) is 1. The molecule has 1 amide bonds. The summed E-state index contributed by atoms with van der Waals surface area (Å²) < 4.78 is 16.3. The van der Waals surface area contributed by atoms with Crippen LogP contribution in [-0.2, 0) is 4.79 Å². The summed E-state index contributed by atoms with van der Waals surface area (Å²) in [6, 6.07) is 18.9. The van der Waals surface area contributed by atoms with Crippen molar-refractivity contribution in [1.82, 2.24) is 0 Å². The second kappa shape index (κ2) is 9.23. The molecule has 1 aromatic heterocycles. The molecule has 0 atom stereocenters. The van der Waals surface area contributed by atoms with Gasteiger partial charge in [0, 0.05) is 23.4 Å². The first-order valence-electron chi connectivity index (χ1n) is 9.83. The summed E-state index contributed by atoms with van der Waals surface area (Å²) in [7, 11) is 1.52. The Morgan fingerprint density at radius 1 is 1.06 bits per heavy atom. The van der Waals surface area contributed by atoms with E-state index in [9.17, 15) is 19.7 Å². The van der Waals surface area contributed by atoms with E-state index in [0.29, 0.717) is 33.7 Å². The highest BCUT2D eigenvalue weighted by Crippen LogP contribution is 2.27. The van der Waals surface area contributed by atoms with Crippen LogP contribution in [0.2, 0.25) is 0 Å². The molecule has 0 spiro atoms. The highest BCUT2D eigenvalue weighted by atomic mass is 16.6. The Balaban J connectivity index is 1.45. The van der Waals surface area contributed by atoms with Crippen LogP contribution in [0.3, 0.4) is 0 Å². The molecule has 0 bridgehead atoms. The number of methoxy groups -OCH3 is 1. The van der Waals surface area contributed by atoms with Crippen LogP contribution < -0.4 is 20.2 Å². The summed E-state index contributed by atoms with van der Waals surface area (Å²) in [5.41, 5.74) is 1.16. The van der Waals surface area contributed by atoms with Crippen molar-refractivity contribution >= 4 is 28.3 Å². The third-order valence-electron chi connectivity index (χ3n) is 4.81. The minimum absolute atomic E-state index is 0.0111. The zero-order valence-electron chi connectivity index (χ0n) is 17.4. The lowest BCUT2D eigenvalue weighted by Gasteiger charge is -2.09. The Morgan fingerprint density at radius 3 is 2.55 bits per heavy atom. The predicted molar refractivity (Wildman–Crippen MR) is 122 cm³/mol. The number of hydrogen-bond donors (Lipinski definition) is 1. The molecule has 33 heavy (non-hydrogen) atoms. The molecule has 4 rings (SSSR count). The summed E-state index contributed by atoms with van der Waals surface area (Å²) in [5, 5.41) is 14.1. The lowest BCUT2D eigenvalue weighted by molar-refractivity contribution is -0.385. The van der Waals surface area contributed by atoms with Crippen LogP contribution in [0.1, 0.15) is 0 Å². The number of nitro benzene ring substituents is 1. The number of ether oxygens (including phenoxy) is 2. The van der Waals surface area contributed by atoms with E-state index in [2.05, 4.69) is 5.32 Å². The molecule has 9 nitrogen and oxygen atoms in total. The Hall–Kier alpha value is -4.66. The van der Waals surface area contributed by atoms with Gasteiger partial charge < -0.3 is 19.2 Å². The maximum Gasteiger partial charge on any atom is 0.310 e. The lowest BCUT2D eigenvalue weighted by atomic mass is 10.1. The highest BCUT2D eigenvalue weighted by Gasteiger charge is 2.15. The van der Waals surface area contributed by atoms with Crippen molar-refractivity contribution in [3.63, 3.8) is 0 Å². The molecule has 0 aliphatic rings. The molecule has 0 aliphatic heterocycles. The van der Waals surface area contributed by atoms with E-state index in [1.165, 1.54) is 31.4 Å². The molecule has 0 aliphatic carbocycles. The number of amides is 1. The molecular formula is C24H18N2O7. The summed E-state index contributed by atoms with van der Waals surface area (Å²) in [6.45, 7) is -0.393. The SMILES string of the molecule is COc1ccc2oc(-c3ccc(NC(=O)COc4ccccc4[N+](=O)[O-])cc3)cc(=O)c2c1. The van der Waals surface area contributed by atoms with Gasteiger partial charge in [-0.1, -0.05) is 12.1 Å². The first kappa shape index (κ1) is 21.6. The normalized spacial score (nSPS) is 10.6. The number of para-hydroxylation sites is 2. The van der Waals surface area contributed by atoms with E-state index < -0.39 is 17.4 Å². The fourth-order valence-electron chi connectivity index (χ4n) is 3.19. The van der Waals surface area contributed by atoms with Crippen LogP contribution >= 0.6 is 0 Å². The number of benzene rings is 3. The third-order valence-corrected chi connectivity index (χ3v) is 4.81. The Morgan fingerprint density at radius 2 is 1.82 bits per heavy atom. The molecule has 4 aromatic rings. The summed E-state index contributed by atoms with van der Waals surface area (Å²) in [5.74, 6) is 0.479. The number of anilines is 1. The smallest absolute Gasteiger partial charge is 0.310 e. The van der Waals surface area contributed by atoms with Crippen molar-refractivity contribution in [1.29, 1.82) is 0 Å². The van der Waals surface area contributed by atoms with Gasteiger partial charge in [0.25, 0.3) is 5.91 Å². The van der Waals surface area contributed by atoms with Gasteiger partial charge in [0.15, 0.2) is 17.8 Å². The second-order valence-electron chi connectivity index (χ2n) is 6.98. The molecular weight excluding hydrogens is 428 g/mol.